The number of aliphatic imine (C=N–C) groups is 1. The van der Waals surface area contributed by atoms with Gasteiger partial charge in [-0.25, -0.2) is 4.98 Å². The van der Waals surface area contributed by atoms with E-state index in [-0.39, 0.29) is 17.6 Å². The third-order valence-electron chi connectivity index (χ3n) is 3.08. The molecule has 1 saturated heterocycles. The number of nitrogens with one attached hydrogen (secondary N) is 1. The molecule has 20 heavy (non-hydrogen) atoms. The summed E-state index contributed by atoms with van der Waals surface area (Å²) in [5.74, 6) is -0.538. The Morgan fingerprint density at radius 1 is 1.45 bits per heavy atom. The first-order valence-electron chi connectivity index (χ1n) is 6.42. The summed E-state index contributed by atoms with van der Waals surface area (Å²) in [7, 11) is 0. The van der Waals surface area contributed by atoms with Crippen LogP contribution in [0.3, 0.4) is 0 Å². The SMILES string of the molecule is CC(=NC1CCNCC1)c1nc(CC(F)(F)F)oc1N. The Morgan fingerprint density at radius 2 is 2.10 bits per heavy atom. The van der Waals surface area contributed by atoms with Gasteiger partial charge in [-0.15, -0.1) is 0 Å². The molecule has 0 amide bonds. The molecule has 3 N–H and O–H groups in total. The average molecular weight is 290 g/mol. The largest absolute Gasteiger partial charge is 0.424 e. The second-order valence-electron chi connectivity index (χ2n) is 4.81. The van der Waals surface area contributed by atoms with Crippen molar-refractivity contribution in [3.63, 3.8) is 0 Å². The lowest BCUT2D eigenvalue weighted by Gasteiger charge is -2.19. The molecular weight excluding hydrogens is 273 g/mol. The van der Waals surface area contributed by atoms with E-state index in [0.717, 1.165) is 25.9 Å². The lowest BCUT2D eigenvalue weighted by atomic mass is 10.1. The molecule has 0 atom stereocenters. The van der Waals surface area contributed by atoms with Gasteiger partial charge >= 0.3 is 6.18 Å². The number of rotatable bonds is 3. The molecule has 1 aromatic heterocycles. The molecular formula is C12H17F3N4O. The minimum atomic E-state index is -4.37. The fourth-order valence-electron chi connectivity index (χ4n) is 2.15. The maximum absolute atomic E-state index is 12.3. The van der Waals surface area contributed by atoms with Crippen molar-refractivity contribution < 1.29 is 17.6 Å². The van der Waals surface area contributed by atoms with E-state index in [2.05, 4.69) is 15.3 Å². The summed E-state index contributed by atoms with van der Waals surface area (Å²) in [5.41, 5.74) is 6.31. The second kappa shape index (κ2) is 5.82. The van der Waals surface area contributed by atoms with Crippen LogP contribution in [-0.2, 0) is 6.42 Å². The third-order valence-corrected chi connectivity index (χ3v) is 3.08. The zero-order valence-corrected chi connectivity index (χ0v) is 11.1. The van der Waals surface area contributed by atoms with Crippen molar-refractivity contribution in [1.82, 2.24) is 10.3 Å². The van der Waals surface area contributed by atoms with E-state index < -0.39 is 18.5 Å². The summed E-state index contributed by atoms with van der Waals surface area (Å²) >= 11 is 0. The van der Waals surface area contributed by atoms with Gasteiger partial charge in [0.2, 0.25) is 11.8 Å². The Bertz CT molecular complexity index is 489. The van der Waals surface area contributed by atoms with Gasteiger partial charge in [-0.3, -0.25) is 4.99 Å². The van der Waals surface area contributed by atoms with Crippen molar-refractivity contribution in [3.05, 3.63) is 11.6 Å². The van der Waals surface area contributed by atoms with Gasteiger partial charge in [-0.05, 0) is 32.9 Å². The van der Waals surface area contributed by atoms with Gasteiger partial charge in [0, 0.05) is 0 Å². The predicted molar refractivity (Wildman–Crippen MR) is 68.8 cm³/mol. The van der Waals surface area contributed by atoms with Crippen LogP contribution in [0.5, 0.6) is 0 Å². The number of hydrogen-bond donors (Lipinski definition) is 2. The van der Waals surface area contributed by atoms with E-state index in [1.807, 2.05) is 0 Å². The van der Waals surface area contributed by atoms with Gasteiger partial charge in [-0.1, -0.05) is 0 Å². The molecule has 0 saturated carbocycles. The number of piperidine rings is 1. The highest BCUT2D eigenvalue weighted by atomic mass is 19.4. The molecule has 2 rings (SSSR count). The number of halogens is 3. The van der Waals surface area contributed by atoms with Gasteiger partial charge < -0.3 is 15.5 Å². The molecule has 1 aromatic rings. The van der Waals surface area contributed by atoms with Crippen LogP contribution in [0.25, 0.3) is 0 Å². The quantitative estimate of drug-likeness (QED) is 0.834. The van der Waals surface area contributed by atoms with Crippen LogP contribution in [0.2, 0.25) is 0 Å². The molecule has 1 aliphatic rings. The predicted octanol–water partition coefficient (Wildman–Crippen LogP) is 1.92. The summed E-state index contributed by atoms with van der Waals surface area (Å²) in [6.45, 7) is 3.46. The van der Waals surface area contributed by atoms with Gasteiger partial charge in [-0.2, -0.15) is 13.2 Å². The van der Waals surface area contributed by atoms with E-state index in [1.54, 1.807) is 6.92 Å². The highest BCUT2D eigenvalue weighted by molar-refractivity contribution is 6.00. The van der Waals surface area contributed by atoms with Gasteiger partial charge in [0.1, 0.15) is 12.1 Å². The Hall–Kier alpha value is -1.57. The van der Waals surface area contributed by atoms with Crippen LogP contribution in [0.1, 0.15) is 31.4 Å². The first-order chi connectivity index (χ1) is 9.35. The monoisotopic (exact) mass is 290 g/mol. The minimum absolute atomic E-state index is 0.112. The molecule has 0 unspecified atom stereocenters. The Morgan fingerprint density at radius 3 is 2.70 bits per heavy atom. The maximum Gasteiger partial charge on any atom is 0.397 e. The standard InChI is InChI=1S/C12H17F3N4O/c1-7(18-8-2-4-17-5-3-8)10-11(16)20-9(19-10)6-12(13,14)15/h8,17H,2-6,16H2,1H3. The fourth-order valence-corrected chi connectivity index (χ4v) is 2.15. The highest BCUT2D eigenvalue weighted by Crippen LogP contribution is 2.24. The van der Waals surface area contributed by atoms with E-state index in [0.29, 0.717) is 5.71 Å². The van der Waals surface area contributed by atoms with E-state index >= 15 is 0 Å². The number of nitrogen functional groups attached to an aromatic ring is 1. The number of nitrogens with two attached hydrogens (primary N) is 1. The van der Waals surface area contributed by atoms with Crippen LogP contribution >= 0.6 is 0 Å². The van der Waals surface area contributed by atoms with Crippen LogP contribution in [0.15, 0.2) is 9.41 Å². The molecule has 0 aromatic carbocycles. The van der Waals surface area contributed by atoms with Crippen LogP contribution < -0.4 is 11.1 Å². The molecule has 0 aliphatic carbocycles. The molecule has 112 valence electrons. The Balaban J connectivity index is 2.13. The van der Waals surface area contributed by atoms with Gasteiger partial charge in [0.15, 0.2) is 0 Å². The van der Waals surface area contributed by atoms with Crippen molar-refractivity contribution in [2.24, 2.45) is 4.99 Å². The minimum Gasteiger partial charge on any atom is -0.424 e. The second-order valence-corrected chi connectivity index (χ2v) is 4.81. The van der Waals surface area contributed by atoms with Crippen LogP contribution in [0, 0.1) is 0 Å². The Kier molecular flexibility index (Phi) is 4.32. The van der Waals surface area contributed by atoms with Crippen LogP contribution in [-0.4, -0.2) is 36.0 Å². The highest BCUT2D eigenvalue weighted by Gasteiger charge is 2.31. The van der Waals surface area contributed by atoms with Crippen molar-refractivity contribution >= 4 is 11.6 Å². The fraction of sp³-hybridized carbons (Fsp3) is 0.667. The van der Waals surface area contributed by atoms with Crippen molar-refractivity contribution in [1.29, 1.82) is 0 Å². The van der Waals surface area contributed by atoms with Crippen LogP contribution in [0.4, 0.5) is 19.1 Å². The summed E-state index contributed by atoms with van der Waals surface area (Å²) in [4.78, 5) is 8.27. The van der Waals surface area contributed by atoms with Crippen molar-refractivity contribution in [2.45, 2.75) is 38.4 Å². The zero-order chi connectivity index (χ0) is 14.8. The zero-order valence-electron chi connectivity index (χ0n) is 11.1. The van der Waals surface area contributed by atoms with E-state index in [1.165, 1.54) is 0 Å². The van der Waals surface area contributed by atoms with E-state index in [4.69, 9.17) is 10.2 Å². The molecule has 8 heteroatoms. The first kappa shape index (κ1) is 14.8. The topological polar surface area (TPSA) is 76.4 Å². The molecule has 0 radical (unpaired) electrons. The number of oxazole rings is 1. The normalized spacial score (nSPS) is 18.5. The van der Waals surface area contributed by atoms with Gasteiger partial charge in [0.25, 0.3) is 0 Å². The average Bonchev–Trinajstić information content (AvgIpc) is 2.69. The van der Waals surface area contributed by atoms with Crippen molar-refractivity contribution in [3.8, 4) is 0 Å². The van der Waals surface area contributed by atoms with E-state index in [9.17, 15) is 13.2 Å². The summed E-state index contributed by atoms with van der Waals surface area (Å²) < 4.78 is 41.7. The lowest BCUT2D eigenvalue weighted by Crippen LogP contribution is -2.30. The number of alkyl halides is 3. The Labute approximate surface area is 114 Å². The first-order valence-corrected chi connectivity index (χ1v) is 6.42. The number of anilines is 1. The number of aromatic nitrogens is 1. The number of nitrogens with zero attached hydrogens (tertiary/aromatic N) is 2. The third kappa shape index (κ3) is 3.96. The molecule has 5 nitrogen and oxygen atoms in total. The molecule has 1 fully saturated rings. The number of hydrogen-bond acceptors (Lipinski definition) is 5. The summed E-state index contributed by atoms with van der Waals surface area (Å²) in [5, 5.41) is 3.22. The lowest BCUT2D eigenvalue weighted by molar-refractivity contribution is -0.130. The molecule has 2 heterocycles. The molecule has 1 aliphatic heterocycles. The smallest absolute Gasteiger partial charge is 0.397 e. The molecule has 0 bridgehead atoms. The molecule has 0 spiro atoms. The maximum atomic E-state index is 12.3. The van der Waals surface area contributed by atoms with Crippen molar-refractivity contribution in [2.75, 3.05) is 18.8 Å². The summed E-state index contributed by atoms with van der Waals surface area (Å²) in [6, 6.07) is 0.151. The summed E-state index contributed by atoms with van der Waals surface area (Å²) in [6.07, 6.45) is -3.80. The van der Waals surface area contributed by atoms with Gasteiger partial charge in [0.05, 0.1) is 11.8 Å².